The Morgan fingerprint density at radius 2 is 0.939 bits per heavy atom. The van der Waals surface area contributed by atoms with Gasteiger partial charge in [-0.3, -0.25) is 0 Å². The van der Waals surface area contributed by atoms with E-state index in [9.17, 15) is 0 Å². The Bertz CT molecular complexity index is 2660. The van der Waals surface area contributed by atoms with Gasteiger partial charge in [0.05, 0.1) is 27.8 Å². The summed E-state index contributed by atoms with van der Waals surface area (Å²) in [4.78, 5) is 0. The number of rotatable bonds is 3. The van der Waals surface area contributed by atoms with Gasteiger partial charge in [0, 0.05) is 22.7 Å². The van der Waals surface area contributed by atoms with Crippen molar-refractivity contribution in [1.82, 2.24) is 9.13 Å². The minimum atomic E-state index is -0.461. The van der Waals surface area contributed by atoms with Gasteiger partial charge in [-0.2, -0.15) is 0 Å². The molecule has 1 spiro atoms. The van der Waals surface area contributed by atoms with Crippen LogP contribution in [0.15, 0.2) is 182 Å². The van der Waals surface area contributed by atoms with Crippen molar-refractivity contribution < 1.29 is 0 Å². The van der Waals surface area contributed by atoms with E-state index in [2.05, 4.69) is 191 Å². The summed E-state index contributed by atoms with van der Waals surface area (Å²) < 4.78 is 5.05. The highest BCUT2D eigenvalue weighted by molar-refractivity contribution is 6.12. The Labute approximate surface area is 284 Å². The molecule has 1 aliphatic heterocycles. The fourth-order valence-electron chi connectivity index (χ4n) is 9.00. The first-order valence-electron chi connectivity index (χ1n) is 17.0. The summed E-state index contributed by atoms with van der Waals surface area (Å²) in [7, 11) is 0. The van der Waals surface area contributed by atoms with Crippen molar-refractivity contribution in [2.45, 2.75) is 5.41 Å². The molecule has 0 saturated heterocycles. The lowest BCUT2D eigenvalue weighted by Crippen LogP contribution is -2.26. The van der Waals surface area contributed by atoms with Crippen molar-refractivity contribution in [2.24, 2.45) is 0 Å². The van der Waals surface area contributed by atoms with Crippen LogP contribution in [0.2, 0.25) is 0 Å². The van der Waals surface area contributed by atoms with Crippen molar-refractivity contribution in [3.63, 3.8) is 0 Å². The number of fused-ring (bicyclic) bond motifs is 14. The number of benzene rings is 7. The van der Waals surface area contributed by atoms with Crippen LogP contribution in [0.3, 0.4) is 0 Å². The largest absolute Gasteiger partial charge is 0.316 e. The summed E-state index contributed by atoms with van der Waals surface area (Å²) in [6, 6.07) is 64.7. The van der Waals surface area contributed by atoms with Crippen molar-refractivity contribution in [2.75, 3.05) is 0 Å². The van der Waals surface area contributed by atoms with Crippen LogP contribution in [0.4, 0.5) is 0 Å². The maximum Gasteiger partial charge on any atom is 0.0910 e. The molecule has 2 heteroatoms. The lowest BCUT2D eigenvalue weighted by molar-refractivity contribution is 0.770. The lowest BCUT2D eigenvalue weighted by Gasteiger charge is -2.29. The van der Waals surface area contributed by atoms with Gasteiger partial charge in [-0.25, -0.2) is 0 Å². The van der Waals surface area contributed by atoms with Gasteiger partial charge in [0.1, 0.15) is 0 Å². The van der Waals surface area contributed by atoms with E-state index in [-0.39, 0.29) is 0 Å². The molecule has 228 valence electrons. The molecule has 9 aromatic rings. The van der Waals surface area contributed by atoms with E-state index < -0.39 is 5.41 Å². The second-order valence-electron chi connectivity index (χ2n) is 13.3. The molecule has 0 fully saturated rings. The fraction of sp³-hybridized carbons (Fsp3) is 0.0213. The van der Waals surface area contributed by atoms with Crippen molar-refractivity contribution in [3.05, 3.63) is 205 Å². The number of para-hydroxylation sites is 2. The van der Waals surface area contributed by atoms with E-state index in [0.717, 1.165) is 5.69 Å². The molecule has 0 amide bonds. The summed E-state index contributed by atoms with van der Waals surface area (Å²) in [6.45, 7) is 0. The highest BCUT2D eigenvalue weighted by atomic mass is 15.1. The minimum absolute atomic E-state index is 0.461. The topological polar surface area (TPSA) is 9.86 Å². The van der Waals surface area contributed by atoms with E-state index in [1.807, 2.05) is 0 Å². The van der Waals surface area contributed by atoms with Crippen LogP contribution in [0.5, 0.6) is 0 Å². The van der Waals surface area contributed by atoms with Crippen LogP contribution >= 0.6 is 0 Å². The van der Waals surface area contributed by atoms with Crippen LogP contribution in [0.25, 0.3) is 66.6 Å². The van der Waals surface area contributed by atoms with Gasteiger partial charge in [-0.15, -0.1) is 0 Å². The zero-order chi connectivity index (χ0) is 32.1. The predicted octanol–water partition coefficient (Wildman–Crippen LogP) is 11.6. The average Bonchev–Trinajstić information content (AvgIpc) is 3.88. The quantitative estimate of drug-likeness (QED) is 0.186. The average molecular weight is 623 g/mol. The first kappa shape index (κ1) is 26.7. The Morgan fingerprint density at radius 1 is 0.408 bits per heavy atom. The van der Waals surface area contributed by atoms with Gasteiger partial charge in [-0.05, 0) is 80.4 Å². The number of hydrogen-bond donors (Lipinski definition) is 0. The zero-order valence-corrected chi connectivity index (χ0v) is 26.7. The maximum absolute atomic E-state index is 2.55. The summed E-state index contributed by atoms with van der Waals surface area (Å²) in [6.07, 6.45) is 2.40. The van der Waals surface area contributed by atoms with E-state index in [1.54, 1.807) is 0 Å². The smallest absolute Gasteiger partial charge is 0.0910 e. The van der Waals surface area contributed by atoms with E-state index in [1.165, 1.54) is 83.3 Å². The van der Waals surface area contributed by atoms with E-state index in [0.29, 0.717) is 0 Å². The predicted molar refractivity (Wildman–Crippen MR) is 202 cm³/mol. The molecule has 3 heterocycles. The minimum Gasteiger partial charge on any atom is -0.316 e. The molecule has 49 heavy (non-hydrogen) atoms. The van der Waals surface area contributed by atoms with Gasteiger partial charge in [0.15, 0.2) is 0 Å². The van der Waals surface area contributed by atoms with Gasteiger partial charge < -0.3 is 9.13 Å². The molecule has 11 rings (SSSR count). The van der Waals surface area contributed by atoms with Gasteiger partial charge in [0.2, 0.25) is 0 Å². The number of nitrogens with zero attached hydrogens (tertiary/aromatic N) is 2. The highest BCUT2D eigenvalue weighted by Crippen LogP contribution is 2.62. The van der Waals surface area contributed by atoms with Crippen molar-refractivity contribution >= 4 is 21.8 Å². The Morgan fingerprint density at radius 3 is 1.59 bits per heavy atom. The summed E-state index contributed by atoms with van der Waals surface area (Å²) in [5.74, 6) is 0. The first-order valence-corrected chi connectivity index (χ1v) is 17.0. The van der Waals surface area contributed by atoms with E-state index >= 15 is 0 Å². The van der Waals surface area contributed by atoms with Gasteiger partial charge in [0.25, 0.3) is 0 Å². The van der Waals surface area contributed by atoms with Crippen molar-refractivity contribution in [1.29, 1.82) is 0 Å². The Balaban J connectivity index is 1.32. The SMILES string of the molecule is c1ccc(-c2cc(-c3ccccc3)cc(-n3c4ccccc4c4cn5c(c43)C3(c4ccccc4-c4ccccc43)c3ccccc3-5)c2)cc1. The molecule has 0 unspecified atom stereocenters. The Hall–Kier alpha value is -6.38. The normalized spacial score (nSPS) is 13.5. The maximum atomic E-state index is 2.55. The van der Waals surface area contributed by atoms with Crippen LogP contribution in [0.1, 0.15) is 22.4 Å². The standard InChI is InChI=1S/C47H30N2/c1-3-15-31(16-4-1)33-27-34(32-17-5-2-6-18-32)29-35(28-33)49-43-25-13-9-21-38(43)39-30-48-44-26-14-12-24-42(44)47(46(48)45(39)49)40-22-10-7-19-36(40)37-20-8-11-23-41(37)47/h1-30H. The van der Waals surface area contributed by atoms with Crippen molar-refractivity contribution in [3.8, 4) is 44.8 Å². The number of aromatic nitrogens is 2. The molecular weight excluding hydrogens is 593 g/mol. The zero-order valence-electron chi connectivity index (χ0n) is 26.7. The molecular formula is C47H30N2. The molecule has 0 N–H and O–H groups in total. The van der Waals surface area contributed by atoms with Crippen LogP contribution < -0.4 is 0 Å². The third-order valence-corrected chi connectivity index (χ3v) is 10.9. The highest BCUT2D eigenvalue weighted by Gasteiger charge is 2.54. The molecule has 2 aromatic heterocycles. The number of hydrogen-bond acceptors (Lipinski definition) is 0. The van der Waals surface area contributed by atoms with Crippen LogP contribution in [0, 0.1) is 0 Å². The first-order chi connectivity index (χ1) is 24.3. The molecule has 2 nitrogen and oxygen atoms in total. The second-order valence-corrected chi connectivity index (χ2v) is 13.3. The molecule has 0 bridgehead atoms. The third kappa shape index (κ3) is 3.45. The molecule has 2 aliphatic rings. The van der Waals surface area contributed by atoms with E-state index in [4.69, 9.17) is 0 Å². The lowest BCUT2D eigenvalue weighted by atomic mass is 9.71. The monoisotopic (exact) mass is 622 g/mol. The van der Waals surface area contributed by atoms with Crippen LogP contribution in [-0.2, 0) is 5.41 Å². The van der Waals surface area contributed by atoms with Crippen LogP contribution in [-0.4, -0.2) is 9.13 Å². The molecule has 0 atom stereocenters. The third-order valence-electron chi connectivity index (χ3n) is 10.9. The molecule has 0 radical (unpaired) electrons. The van der Waals surface area contributed by atoms with Gasteiger partial charge in [-0.1, -0.05) is 146 Å². The molecule has 1 aliphatic carbocycles. The molecule has 0 saturated carbocycles. The summed E-state index contributed by atoms with van der Waals surface area (Å²) in [5, 5.41) is 2.53. The molecule has 7 aromatic carbocycles. The van der Waals surface area contributed by atoms with Gasteiger partial charge >= 0.3 is 0 Å². The summed E-state index contributed by atoms with van der Waals surface area (Å²) >= 11 is 0. The second kappa shape index (κ2) is 9.82. The Kier molecular flexibility index (Phi) is 5.34. The fourth-order valence-corrected chi connectivity index (χ4v) is 9.00. The summed E-state index contributed by atoms with van der Waals surface area (Å²) in [5.41, 5.74) is 17.2.